The predicted molar refractivity (Wildman–Crippen MR) is 163 cm³/mol. The molecule has 1 saturated heterocycles. The van der Waals surface area contributed by atoms with E-state index in [2.05, 4.69) is 15.6 Å². The molecule has 2 amide bonds. The van der Waals surface area contributed by atoms with E-state index in [1.807, 2.05) is 13.8 Å². The van der Waals surface area contributed by atoms with Gasteiger partial charge in [0.05, 0.1) is 42.5 Å². The fraction of sp³-hybridized carbons (Fsp3) is 0.406. The number of amides is 2. The molecule has 1 fully saturated rings. The van der Waals surface area contributed by atoms with Crippen molar-refractivity contribution in [3.8, 4) is 23.1 Å². The number of aromatic nitrogens is 2. The highest BCUT2D eigenvalue weighted by Gasteiger charge is 2.47. The molecule has 0 bridgehead atoms. The molecule has 2 atom stereocenters. The van der Waals surface area contributed by atoms with Crippen molar-refractivity contribution in [3.63, 3.8) is 0 Å². The van der Waals surface area contributed by atoms with Crippen molar-refractivity contribution in [1.29, 1.82) is 5.26 Å². The first-order valence-corrected chi connectivity index (χ1v) is 14.5. The highest BCUT2D eigenvalue weighted by Crippen LogP contribution is 2.35. The van der Waals surface area contributed by atoms with Gasteiger partial charge in [0.2, 0.25) is 5.88 Å². The number of alkyl halides is 2. The summed E-state index contributed by atoms with van der Waals surface area (Å²) in [5.41, 5.74) is -0.905. The number of ether oxygens (including phenoxy) is 2. The minimum Gasteiger partial charge on any atom is -0.475 e. The topological polar surface area (TPSA) is 139 Å². The number of benzene rings is 1. The molecule has 2 aromatic heterocycles. The molecule has 0 spiro atoms. The Hall–Kier alpha value is -4.74. The number of likely N-dealkylation sites (tertiary alicyclic amines) is 1. The van der Waals surface area contributed by atoms with Crippen molar-refractivity contribution in [2.24, 2.45) is 7.05 Å². The largest absolute Gasteiger partial charge is 0.475 e. The maximum absolute atomic E-state index is 15.6. The van der Waals surface area contributed by atoms with E-state index in [0.29, 0.717) is 12.1 Å². The van der Waals surface area contributed by atoms with Gasteiger partial charge in [-0.3, -0.25) is 14.4 Å². The Labute approximate surface area is 263 Å². The lowest BCUT2D eigenvalue weighted by atomic mass is 9.95. The summed E-state index contributed by atoms with van der Waals surface area (Å²) in [7, 11) is 3.11. The summed E-state index contributed by atoms with van der Waals surface area (Å²) in [4.78, 5) is 44.8. The molecule has 0 radical (unpaired) electrons. The molecule has 46 heavy (non-hydrogen) atoms. The van der Waals surface area contributed by atoms with Gasteiger partial charge in [-0.05, 0) is 63.1 Å². The number of halogens is 3. The van der Waals surface area contributed by atoms with Crippen molar-refractivity contribution in [2.45, 2.75) is 58.4 Å². The van der Waals surface area contributed by atoms with E-state index in [1.54, 1.807) is 33.2 Å². The molecule has 2 N–H and O–H groups in total. The second-order valence-electron chi connectivity index (χ2n) is 11.5. The third-order valence-corrected chi connectivity index (χ3v) is 7.46. The fourth-order valence-electron chi connectivity index (χ4n) is 4.85. The van der Waals surface area contributed by atoms with Crippen molar-refractivity contribution in [1.82, 2.24) is 19.8 Å². The van der Waals surface area contributed by atoms with Crippen molar-refractivity contribution in [3.05, 3.63) is 75.0 Å². The van der Waals surface area contributed by atoms with E-state index in [0.717, 1.165) is 17.0 Å². The van der Waals surface area contributed by atoms with Gasteiger partial charge < -0.3 is 29.6 Å². The number of hydrogen-bond donors (Lipinski definition) is 2. The molecule has 11 nitrogen and oxygen atoms in total. The smallest absolute Gasteiger partial charge is 0.282 e. The molecule has 0 saturated carbocycles. The summed E-state index contributed by atoms with van der Waals surface area (Å²) in [5.74, 6) is -5.93. The van der Waals surface area contributed by atoms with Gasteiger partial charge in [-0.1, -0.05) is 0 Å². The Morgan fingerprint density at radius 1 is 1.11 bits per heavy atom. The first-order valence-electron chi connectivity index (χ1n) is 14.5. The molecule has 4 rings (SSSR count). The van der Waals surface area contributed by atoms with E-state index >= 15 is 4.39 Å². The summed E-state index contributed by atoms with van der Waals surface area (Å²) in [6.45, 7) is 5.90. The predicted octanol–water partition coefficient (Wildman–Crippen LogP) is 4.10. The minimum atomic E-state index is -3.07. The minimum absolute atomic E-state index is 0.0191. The van der Waals surface area contributed by atoms with Crippen molar-refractivity contribution < 1.29 is 32.2 Å². The fourth-order valence-corrected chi connectivity index (χ4v) is 4.85. The number of hydrogen-bond acceptors (Lipinski definition) is 8. The molecule has 0 unspecified atom stereocenters. The number of nitrogens with one attached hydrogen (secondary N) is 2. The third-order valence-electron chi connectivity index (χ3n) is 7.46. The van der Waals surface area contributed by atoms with Crippen LogP contribution in [0.2, 0.25) is 0 Å². The lowest BCUT2D eigenvalue weighted by molar-refractivity contribution is -0.113. The highest BCUT2D eigenvalue weighted by atomic mass is 19.3. The summed E-state index contributed by atoms with van der Waals surface area (Å²) < 4.78 is 55.1. The summed E-state index contributed by atoms with van der Waals surface area (Å²) in [6, 6.07) is 7.82. The van der Waals surface area contributed by atoms with Gasteiger partial charge in [0.25, 0.3) is 23.3 Å². The van der Waals surface area contributed by atoms with Gasteiger partial charge in [-0.2, -0.15) is 10.2 Å². The van der Waals surface area contributed by atoms with Crippen LogP contribution in [0.5, 0.6) is 5.88 Å². The molecule has 0 aliphatic carbocycles. The number of carbonyl (C=O) groups excluding carboxylic acids is 2. The first kappa shape index (κ1) is 34.1. The molecule has 3 heterocycles. The average molecular weight is 641 g/mol. The Bertz CT molecular complexity index is 1750. The van der Waals surface area contributed by atoms with Crippen LogP contribution in [0.25, 0.3) is 11.1 Å². The number of carbonyl (C=O) groups is 2. The van der Waals surface area contributed by atoms with Crippen LogP contribution in [0.4, 0.5) is 19.0 Å². The van der Waals surface area contributed by atoms with Gasteiger partial charge in [0.15, 0.2) is 0 Å². The molecule has 1 aliphatic rings. The number of nitriles is 1. The molecule has 3 aromatic rings. The van der Waals surface area contributed by atoms with Gasteiger partial charge in [0.1, 0.15) is 17.2 Å². The summed E-state index contributed by atoms with van der Waals surface area (Å²) in [5, 5.41) is 15.2. The van der Waals surface area contributed by atoms with E-state index in [9.17, 15) is 28.4 Å². The standard InChI is InChI=1S/C32H35F3N6O5/c1-17(2)46-27-11-22(28-23(7-20(12-36)9-25(28)33)31(44)41-15-32(34,35)16-41)10-26(38-27)39-29(42)24-8-21(14-40(5)30(24)43)13-37-18(3)19(4)45-6/h7-11,14,17-19,37H,13,15-16H2,1-6H3,(H,38,39,42)/t18-,19-/m0/s1. The van der Waals surface area contributed by atoms with E-state index in [1.165, 1.54) is 29.8 Å². The normalized spacial score (nSPS) is 15.1. The second kappa shape index (κ2) is 13.7. The highest BCUT2D eigenvalue weighted by molar-refractivity contribution is 6.05. The second-order valence-corrected chi connectivity index (χ2v) is 11.5. The quantitative estimate of drug-likeness (QED) is 0.320. The number of methoxy groups -OCH3 is 1. The molecule has 244 valence electrons. The SMILES string of the molecule is CO[C@@H](C)[C@H](C)NCc1cc(C(=O)Nc2cc(-c3c(F)cc(C#N)cc3C(=O)N3CC(F)(F)C3)cc(OC(C)C)n2)c(=O)n(C)c1. The van der Waals surface area contributed by atoms with E-state index in [-0.39, 0.29) is 51.7 Å². The van der Waals surface area contributed by atoms with Crippen molar-refractivity contribution in [2.75, 3.05) is 25.5 Å². The van der Waals surface area contributed by atoms with Crippen LogP contribution in [0.3, 0.4) is 0 Å². The Morgan fingerprint density at radius 3 is 2.41 bits per heavy atom. The van der Waals surface area contributed by atoms with Gasteiger partial charge >= 0.3 is 0 Å². The molecule has 1 aliphatic heterocycles. The van der Waals surface area contributed by atoms with Crippen LogP contribution >= 0.6 is 0 Å². The maximum Gasteiger partial charge on any atom is 0.282 e. The van der Waals surface area contributed by atoms with Crippen LogP contribution < -0.4 is 20.9 Å². The first-order chi connectivity index (χ1) is 21.6. The summed E-state index contributed by atoms with van der Waals surface area (Å²) in [6.07, 6.45) is 1.12. The Kier molecular flexibility index (Phi) is 10.2. The van der Waals surface area contributed by atoms with Crippen LogP contribution in [0.1, 0.15) is 59.5 Å². The Morgan fingerprint density at radius 2 is 1.80 bits per heavy atom. The monoisotopic (exact) mass is 640 g/mol. The number of pyridine rings is 2. The molecule has 14 heteroatoms. The molecular weight excluding hydrogens is 605 g/mol. The number of anilines is 1. The number of aryl methyl sites for hydroxylation is 1. The average Bonchev–Trinajstić information content (AvgIpc) is 2.98. The van der Waals surface area contributed by atoms with Crippen LogP contribution in [-0.2, 0) is 18.3 Å². The zero-order valence-electron chi connectivity index (χ0n) is 26.3. The lowest BCUT2D eigenvalue weighted by Crippen LogP contribution is -2.58. The van der Waals surface area contributed by atoms with Crippen LogP contribution in [0.15, 0.2) is 41.3 Å². The number of nitrogens with zero attached hydrogens (tertiary/aromatic N) is 4. The van der Waals surface area contributed by atoms with Crippen molar-refractivity contribution >= 4 is 17.6 Å². The third kappa shape index (κ3) is 7.72. The lowest BCUT2D eigenvalue weighted by Gasteiger charge is -2.39. The van der Waals surface area contributed by atoms with Crippen LogP contribution in [0, 0.1) is 17.1 Å². The van der Waals surface area contributed by atoms with Gasteiger partial charge in [-0.15, -0.1) is 0 Å². The Balaban J connectivity index is 1.73. The van der Waals surface area contributed by atoms with Gasteiger partial charge in [-0.25, -0.2) is 13.2 Å². The van der Waals surface area contributed by atoms with E-state index in [4.69, 9.17) is 9.47 Å². The van der Waals surface area contributed by atoms with Crippen LogP contribution in [-0.4, -0.2) is 70.6 Å². The zero-order valence-corrected chi connectivity index (χ0v) is 26.3. The van der Waals surface area contributed by atoms with E-state index < -0.39 is 48.3 Å². The molecular formula is C32H35F3N6O5. The zero-order chi connectivity index (χ0) is 33.9. The summed E-state index contributed by atoms with van der Waals surface area (Å²) >= 11 is 0. The number of rotatable bonds is 11. The molecule has 1 aromatic carbocycles. The van der Waals surface area contributed by atoms with Gasteiger partial charge in [0, 0.05) is 44.6 Å². The maximum atomic E-state index is 15.6.